The first-order valence-corrected chi connectivity index (χ1v) is 6.56. The Morgan fingerprint density at radius 3 is 2.83 bits per heavy atom. The molecule has 0 N–H and O–H groups in total. The number of anilines is 1. The molecule has 18 heavy (non-hydrogen) atoms. The number of hydrogen-bond donors (Lipinski definition) is 0. The van der Waals surface area contributed by atoms with Gasteiger partial charge < -0.3 is 4.74 Å². The van der Waals surface area contributed by atoms with Crippen LogP contribution in [0, 0.1) is 5.92 Å². The largest absolute Gasteiger partial charge is 0.464 e. The van der Waals surface area contributed by atoms with Crippen molar-refractivity contribution in [2.45, 2.75) is 6.42 Å². The Hall–Kier alpha value is -1.50. The standard InChI is InChI=1S/C11H12BrN3O3/c1-18-11(17)8-2-3-9(14-13-8)15-6-7(5-12)4-10(15)16/h2-3,7H,4-6H2,1H3. The van der Waals surface area contributed by atoms with Crippen molar-refractivity contribution in [1.82, 2.24) is 10.2 Å². The van der Waals surface area contributed by atoms with Gasteiger partial charge in [-0.3, -0.25) is 9.69 Å². The molecule has 0 spiro atoms. The van der Waals surface area contributed by atoms with E-state index in [9.17, 15) is 9.59 Å². The number of halogens is 1. The predicted molar refractivity (Wildman–Crippen MR) is 67.6 cm³/mol. The molecule has 1 amide bonds. The van der Waals surface area contributed by atoms with Gasteiger partial charge in [0.15, 0.2) is 11.5 Å². The van der Waals surface area contributed by atoms with Crippen molar-refractivity contribution in [3.8, 4) is 0 Å². The highest BCUT2D eigenvalue weighted by Crippen LogP contribution is 2.24. The Labute approximate surface area is 112 Å². The molecule has 1 saturated heterocycles. The molecule has 1 fully saturated rings. The lowest BCUT2D eigenvalue weighted by Gasteiger charge is -2.14. The molecular formula is C11H12BrN3O3. The Morgan fingerprint density at radius 1 is 1.56 bits per heavy atom. The minimum atomic E-state index is -0.542. The van der Waals surface area contributed by atoms with Gasteiger partial charge in [0.25, 0.3) is 0 Å². The van der Waals surface area contributed by atoms with Gasteiger partial charge in [-0.15, -0.1) is 10.2 Å². The second kappa shape index (κ2) is 5.43. The molecule has 2 rings (SSSR count). The van der Waals surface area contributed by atoms with Gasteiger partial charge in [0, 0.05) is 18.3 Å². The number of alkyl halides is 1. The summed E-state index contributed by atoms with van der Waals surface area (Å²) >= 11 is 3.37. The first kappa shape index (κ1) is 12.9. The summed E-state index contributed by atoms with van der Waals surface area (Å²) in [6, 6.07) is 3.11. The summed E-state index contributed by atoms with van der Waals surface area (Å²) in [6.45, 7) is 0.621. The van der Waals surface area contributed by atoms with Crippen LogP contribution in [-0.4, -0.2) is 41.1 Å². The normalized spacial score (nSPS) is 19.1. The number of amides is 1. The third kappa shape index (κ3) is 2.50. The second-order valence-electron chi connectivity index (χ2n) is 4.00. The van der Waals surface area contributed by atoms with Gasteiger partial charge in [-0.2, -0.15) is 0 Å². The predicted octanol–water partition coefficient (Wildman–Crippen LogP) is 1.01. The summed E-state index contributed by atoms with van der Waals surface area (Å²) in [5.41, 5.74) is 0.130. The first-order chi connectivity index (χ1) is 8.65. The number of ether oxygens (including phenoxy) is 1. The molecular weight excluding hydrogens is 302 g/mol. The highest BCUT2D eigenvalue weighted by molar-refractivity contribution is 9.09. The third-order valence-electron chi connectivity index (χ3n) is 2.74. The number of hydrogen-bond acceptors (Lipinski definition) is 5. The number of esters is 1. The SMILES string of the molecule is COC(=O)c1ccc(N2CC(CBr)CC2=O)nn1. The van der Waals surface area contributed by atoms with Crippen molar-refractivity contribution < 1.29 is 14.3 Å². The van der Waals surface area contributed by atoms with Crippen LogP contribution in [0.3, 0.4) is 0 Å². The Balaban J connectivity index is 2.15. The molecule has 1 aliphatic heterocycles. The number of nitrogens with zero attached hydrogens (tertiary/aromatic N) is 3. The van der Waals surface area contributed by atoms with Crippen molar-refractivity contribution in [2.75, 3.05) is 23.9 Å². The van der Waals surface area contributed by atoms with Crippen LogP contribution >= 0.6 is 15.9 Å². The molecule has 0 bridgehead atoms. The van der Waals surface area contributed by atoms with Gasteiger partial charge in [0.1, 0.15) is 0 Å². The van der Waals surface area contributed by atoms with E-state index in [4.69, 9.17) is 0 Å². The van der Waals surface area contributed by atoms with Crippen LogP contribution in [0.25, 0.3) is 0 Å². The number of aromatic nitrogens is 2. The number of rotatable bonds is 3. The lowest BCUT2D eigenvalue weighted by Crippen LogP contribution is -2.26. The molecule has 96 valence electrons. The van der Waals surface area contributed by atoms with E-state index >= 15 is 0 Å². The summed E-state index contributed by atoms with van der Waals surface area (Å²) < 4.78 is 4.53. The van der Waals surface area contributed by atoms with Crippen LogP contribution in [0.2, 0.25) is 0 Å². The highest BCUT2D eigenvalue weighted by Gasteiger charge is 2.30. The summed E-state index contributed by atoms with van der Waals surface area (Å²) in [5.74, 6) is 0.246. The van der Waals surface area contributed by atoms with Crippen LogP contribution in [0.5, 0.6) is 0 Å². The molecule has 0 radical (unpaired) electrons. The highest BCUT2D eigenvalue weighted by atomic mass is 79.9. The van der Waals surface area contributed by atoms with E-state index in [0.717, 1.165) is 5.33 Å². The van der Waals surface area contributed by atoms with Crippen LogP contribution in [0.4, 0.5) is 5.82 Å². The smallest absolute Gasteiger partial charge is 0.358 e. The fraction of sp³-hybridized carbons (Fsp3) is 0.455. The zero-order valence-electron chi connectivity index (χ0n) is 9.80. The van der Waals surface area contributed by atoms with Crippen molar-refractivity contribution in [1.29, 1.82) is 0 Å². The van der Waals surface area contributed by atoms with Crippen LogP contribution in [0.1, 0.15) is 16.9 Å². The molecule has 2 heterocycles. The van der Waals surface area contributed by atoms with E-state index in [-0.39, 0.29) is 11.6 Å². The maximum atomic E-state index is 11.8. The van der Waals surface area contributed by atoms with Crippen molar-refractivity contribution >= 4 is 33.6 Å². The Kier molecular flexibility index (Phi) is 3.90. The topological polar surface area (TPSA) is 72.4 Å². The van der Waals surface area contributed by atoms with Crippen molar-refractivity contribution in [3.05, 3.63) is 17.8 Å². The van der Waals surface area contributed by atoms with Gasteiger partial charge >= 0.3 is 5.97 Å². The number of methoxy groups -OCH3 is 1. The van der Waals surface area contributed by atoms with Crippen LogP contribution in [-0.2, 0) is 9.53 Å². The fourth-order valence-electron chi connectivity index (χ4n) is 1.79. The van der Waals surface area contributed by atoms with Crippen molar-refractivity contribution in [2.24, 2.45) is 5.92 Å². The lowest BCUT2D eigenvalue weighted by molar-refractivity contribution is -0.117. The summed E-state index contributed by atoms with van der Waals surface area (Å²) in [5, 5.41) is 8.42. The van der Waals surface area contributed by atoms with Crippen molar-refractivity contribution in [3.63, 3.8) is 0 Å². The van der Waals surface area contributed by atoms with Gasteiger partial charge in [-0.1, -0.05) is 15.9 Å². The van der Waals surface area contributed by atoms with Gasteiger partial charge in [0.05, 0.1) is 7.11 Å². The summed E-state index contributed by atoms with van der Waals surface area (Å²) in [4.78, 5) is 24.5. The molecule has 6 nitrogen and oxygen atoms in total. The number of carbonyl (C=O) groups is 2. The molecule has 0 aliphatic carbocycles. The molecule has 1 unspecified atom stereocenters. The Morgan fingerprint density at radius 2 is 2.33 bits per heavy atom. The number of carbonyl (C=O) groups excluding carboxylic acids is 2. The maximum absolute atomic E-state index is 11.8. The fourth-order valence-corrected chi connectivity index (χ4v) is 2.22. The first-order valence-electron chi connectivity index (χ1n) is 5.44. The van der Waals surface area contributed by atoms with Gasteiger partial charge in [-0.25, -0.2) is 4.79 Å². The Bertz CT molecular complexity index is 463. The molecule has 1 atom stereocenters. The molecule has 0 saturated carbocycles. The minimum Gasteiger partial charge on any atom is -0.464 e. The van der Waals surface area contributed by atoms with Crippen LogP contribution in [0.15, 0.2) is 12.1 Å². The zero-order valence-corrected chi connectivity index (χ0v) is 11.4. The average Bonchev–Trinajstić information content (AvgIpc) is 2.79. The van der Waals surface area contributed by atoms with E-state index in [0.29, 0.717) is 24.7 Å². The lowest BCUT2D eigenvalue weighted by atomic mass is 10.2. The molecule has 1 aliphatic rings. The quantitative estimate of drug-likeness (QED) is 0.615. The molecule has 0 aromatic carbocycles. The monoisotopic (exact) mass is 313 g/mol. The van der Waals surface area contributed by atoms with Crippen LogP contribution < -0.4 is 4.90 Å². The molecule has 1 aromatic rings. The van der Waals surface area contributed by atoms with E-state index in [1.165, 1.54) is 13.2 Å². The second-order valence-corrected chi connectivity index (χ2v) is 4.64. The van der Waals surface area contributed by atoms with E-state index in [1.54, 1.807) is 11.0 Å². The van der Waals surface area contributed by atoms with E-state index in [1.807, 2.05) is 0 Å². The van der Waals surface area contributed by atoms with Gasteiger partial charge in [-0.05, 0) is 18.1 Å². The maximum Gasteiger partial charge on any atom is 0.358 e. The third-order valence-corrected chi connectivity index (χ3v) is 3.66. The summed E-state index contributed by atoms with van der Waals surface area (Å²) in [6.07, 6.45) is 0.506. The minimum absolute atomic E-state index is 0.0274. The van der Waals surface area contributed by atoms with E-state index < -0.39 is 5.97 Å². The zero-order chi connectivity index (χ0) is 13.1. The summed E-state index contributed by atoms with van der Waals surface area (Å²) in [7, 11) is 1.28. The average molecular weight is 314 g/mol. The van der Waals surface area contributed by atoms with Gasteiger partial charge in [0.2, 0.25) is 5.91 Å². The molecule has 7 heteroatoms. The van der Waals surface area contributed by atoms with E-state index in [2.05, 4.69) is 30.9 Å². The molecule has 1 aromatic heterocycles.